The van der Waals surface area contributed by atoms with E-state index in [-0.39, 0.29) is 25.6 Å². The van der Waals surface area contributed by atoms with Crippen LogP contribution in [0.4, 0.5) is 0 Å². The zero-order chi connectivity index (χ0) is 4.50. The minimum Gasteiger partial charge on any atom is -0.344 e. The molecule has 7 heteroatoms. The molecule has 0 saturated carbocycles. The summed E-state index contributed by atoms with van der Waals surface area (Å²) < 4.78 is 31.6. The fourth-order valence-electron chi connectivity index (χ4n) is 0. The normalized spacial score (nSPS) is 8.29. The van der Waals surface area contributed by atoms with Crippen LogP contribution < -0.4 is 6.15 Å². The zero-order valence-electron chi connectivity index (χ0n) is 3.16. The Morgan fingerprint density at radius 3 is 1.14 bits per heavy atom. The van der Waals surface area contributed by atoms with Crippen molar-refractivity contribution in [2.75, 3.05) is 0 Å². The molecule has 5 N–H and O–H groups in total. The van der Waals surface area contributed by atoms with Crippen molar-refractivity contribution < 1.29 is 37.0 Å². The van der Waals surface area contributed by atoms with Crippen LogP contribution in [0.15, 0.2) is 0 Å². The molecule has 0 bridgehead atoms. The molecule has 0 rings (SSSR count). The Bertz CT molecular complexity index is 94.9. The fourth-order valence-corrected chi connectivity index (χ4v) is 0. The van der Waals surface area contributed by atoms with Crippen LogP contribution in [0.3, 0.4) is 0 Å². The second-order valence-corrected chi connectivity index (χ2v) is 1.34. The van der Waals surface area contributed by atoms with Gasteiger partial charge in [0.2, 0.25) is 0 Å². The summed E-state index contributed by atoms with van der Waals surface area (Å²) in [5.74, 6) is 0. The first kappa shape index (κ1) is 15.7. The molecule has 0 aromatic rings. The predicted octanol–water partition coefficient (Wildman–Crippen LogP) is -0.493. The molecule has 5 nitrogen and oxygen atoms in total. The Labute approximate surface area is 54.0 Å². The van der Waals surface area contributed by atoms with E-state index in [9.17, 15) is 0 Å². The van der Waals surface area contributed by atoms with Crippen molar-refractivity contribution in [1.82, 2.24) is 6.15 Å². The molecule has 0 fully saturated rings. The second-order valence-electron chi connectivity index (χ2n) is 0.448. The van der Waals surface area contributed by atoms with E-state index in [1.165, 1.54) is 0 Å². The molecule has 1 radical (unpaired) electrons. The summed E-state index contributed by atoms with van der Waals surface area (Å²) in [6.07, 6.45) is 0. The first-order valence-electron chi connectivity index (χ1n) is 0.698. The van der Waals surface area contributed by atoms with E-state index in [2.05, 4.69) is 0 Å². The summed E-state index contributed by atoms with van der Waals surface area (Å²) >= 11 is 0. The molecular formula is H5NO4RhS. The van der Waals surface area contributed by atoms with Gasteiger partial charge in [0.05, 0.1) is 0 Å². The van der Waals surface area contributed by atoms with Crippen molar-refractivity contribution in [2.24, 2.45) is 0 Å². The first-order chi connectivity index (χ1) is 2.00. The Balaban J connectivity index is -0.0000000800. The van der Waals surface area contributed by atoms with E-state index < -0.39 is 10.4 Å². The standard InChI is InChI=1S/H3N.H2O4S.Rh/c;1-5(2,3)4;/h1H3;(H2,1,2,3,4);. The number of hydrogen-bond donors (Lipinski definition) is 3. The summed E-state index contributed by atoms with van der Waals surface area (Å²) in [6.45, 7) is 0. The van der Waals surface area contributed by atoms with Gasteiger partial charge in [0, 0.05) is 19.5 Å². The van der Waals surface area contributed by atoms with Crippen molar-refractivity contribution in [3.63, 3.8) is 0 Å². The van der Waals surface area contributed by atoms with Crippen LogP contribution in [0.25, 0.3) is 0 Å². The van der Waals surface area contributed by atoms with Gasteiger partial charge in [0.15, 0.2) is 0 Å². The van der Waals surface area contributed by atoms with Gasteiger partial charge in [0.1, 0.15) is 0 Å². The minimum absolute atomic E-state index is 0. The quantitative estimate of drug-likeness (QED) is 0.375. The van der Waals surface area contributed by atoms with Crippen LogP contribution in [0, 0.1) is 0 Å². The second kappa shape index (κ2) is 4.61. The van der Waals surface area contributed by atoms with Crippen LogP contribution in [-0.4, -0.2) is 17.5 Å². The van der Waals surface area contributed by atoms with Crippen LogP contribution in [0.2, 0.25) is 0 Å². The largest absolute Gasteiger partial charge is 0.394 e. The molecule has 0 aliphatic carbocycles. The van der Waals surface area contributed by atoms with E-state index in [1.54, 1.807) is 0 Å². The van der Waals surface area contributed by atoms with Gasteiger partial charge < -0.3 is 6.15 Å². The molecule has 0 unspecified atom stereocenters. The maximum atomic E-state index is 8.74. The third-order valence-electron chi connectivity index (χ3n) is 0. The van der Waals surface area contributed by atoms with Crippen LogP contribution >= 0.6 is 0 Å². The van der Waals surface area contributed by atoms with Gasteiger partial charge >= 0.3 is 10.4 Å². The van der Waals surface area contributed by atoms with E-state index in [0.29, 0.717) is 0 Å². The molecule has 0 spiro atoms. The van der Waals surface area contributed by atoms with Gasteiger partial charge in [-0.2, -0.15) is 8.42 Å². The smallest absolute Gasteiger partial charge is 0.344 e. The summed E-state index contributed by atoms with van der Waals surface area (Å²) in [6, 6.07) is 0. The fraction of sp³-hybridized carbons (Fsp3) is 0. The van der Waals surface area contributed by atoms with Gasteiger partial charge in [-0.05, 0) is 0 Å². The van der Waals surface area contributed by atoms with Gasteiger partial charge in [-0.3, -0.25) is 9.11 Å². The molecular weight excluding hydrogens is 213 g/mol. The first-order valence-corrected chi connectivity index (χ1v) is 2.10. The van der Waals surface area contributed by atoms with E-state index in [1.807, 2.05) is 0 Å². The monoisotopic (exact) mass is 218 g/mol. The molecule has 0 aliphatic heterocycles. The van der Waals surface area contributed by atoms with Crippen molar-refractivity contribution in [2.45, 2.75) is 0 Å². The molecule has 0 aliphatic rings. The Morgan fingerprint density at radius 2 is 1.14 bits per heavy atom. The van der Waals surface area contributed by atoms with Gasteiger partial charge in [-0.25, -0.2) is 0 Å². The molecule has 0 saturated heterocycles. The topological polar surface area (TPSA) is 110 Å². The minimum atomic E-state index is -4.67. The Kier molecular flexibility index (Phi) is 10.3. The summed E-state index contributed by atoms with van der Waals surface area (Å²) in [5, 5.41) is 0. The molecule has 0 aromatic heterocycles. The zero-order valence-corrected chi connectivity index (χ0v) is 5.61. The van der Waals surface area contributed by atoms with E-state index >= 15 is 0 Å². The van der Waals surface area contributed by atoms with Crippen molar-refractivity contribution >= 4 is 10.4 Å². The van der Waals surface area contributed by atoms with Gasteiger partial charge in [-0.1, -0.05) is 0 Å². The van der Waals surface area contributed by atoms with Crippen LogP contribution in [-0.2, 0) is 29.9 Å². The average Bonchev–Trinajstić information content (AvgIpc) is 0.722. The molecule has 0 heterocycles. The Morgan fingerprint density at radius 1 is 1.14 bits per heavy atom. The summed E-state index contributed by atoms with van der Waals surface area (Å²) in [5.41, 5.74) is 0. The predicted molar refractivity (Wildman–Crippen MR) is 19.2 cm³/mol. The van der Waals surface area contributed by atoms with Crippen molar-refractivity contribution in [3.8, 4) is 0 Å². The maximum absolute atomic E-state index is 8.74. The van der Waals surface area contributed by atoms with Gasteiger partial charge in [-0.15, -0.1) is 0 Å². The summed E-state index contributed by atoms with van der Waals surface area (Å²) in [7, 11) is -4.67. The van der Waals surface area contributed by atoms with Crippen LogP contribution in [0.1, 0.15) is 0 Å². The Hall–Kier alpha value is 0.453. The molecule has 49 valence electrons. The third kappa shape index (κ3) is 623. The summed E-state index contributed by atoms with van der Waals surface area (Å²) in [4.78, 5) is 0. The van der Waals surface area contributed by atoms with Crippen molar-refractivity contribution in [3.05, 3.63) is 0 Å². The maximum Gasteiger partial charge on any atom is 0.394 e. The number of hydrogen-bond acceptors (Lipinski definition) is 3. The average molecular weight is 218 g/mol. The third-order valence-corrected chi connectivity index (χ3v) is 0. The van der Waals surface area contributed by atoms with Gasteiger partial charge in [0.25, 0.3) is 0 Å². The molecule has 7 heavy (non-hydrogen) atoms. The molecule has 0 aromatic carbocycles. The number of rotatable bonds is 0. The molecule has 0 atom stereocenters. The van der Waals surface area contributed by atoms with E-state index in [0.717, 1.165) is 0 Å². The van der Waals surface area contributed by atoms with E-state index in [4.69, 9.17) is 17.5 Å². The SMILES string of the molecule is N.O=S(=O)(O)O.[Rh]. The van der Waals surface area contributed by atoms with Crippen LogP contribution in [0.5, 0.6) is 0 Å². The van der Waals surface area contributed by atoms with Crippen molar-refractivity contribution in [1.29, 1.82) is 0 Å². The molecule has 0 amide bonds.